The number of rotatable bonds is 0. The van der Waals surface area contributed by atoms with Crippen LogP contribution in [-0.4, -0.2) is 9.71 Å². The largest absolute Gasteiger partial charge is 0.293 e. The van der Waals surface area contributed by atoms with Gasteiger partial charge < -0.3 is 0 Å². The minimum atomic E-state index is -0.0913. The van der Waals surface area contributed by atoms with Gasteiger partial charge in [-0.25, -0.2) is 0 Å². The lowest BCUT2D eigenvalue weighted by Gasteiger charge is -2.22. The van der Waals surface area contributed by atoms with Crippen LogP contribution in [0, 0.1) is 0 Å². The molecule has 1 aliphatic rings. The number of halogens is 1. The Kier molecular flexibility index (Phi) is 3.12. The van der Waals surface area contributed by atoms with Crippen LogP contribution in [-0.2, 0) is 0 Å². The summed E-state index contributed by atoms with van der Waals surface area (Å²) in [6.45, 7) is 0. The predicted molar refractivity (Wildman–Crippen MR) is 145 cm³/mol. The topological polar surface area (TPSA) is 17.1 Å². The van der Waals surface area contributed by atoms with Gasteiger partial charge in [0, 0.05) is 5.56 Å². The first-order valence-corrected chi connectivity index (χ1v) is 12.1. The van der Waals surface area contributed by atoms with Gasteiger partial charge >= 0.3 is 0 Å². The zero-order valence-electron chi connectivity index (χ0n) is 16.9. The molecule has 1 aliphatic carbocycles. The number of allylic oxidation sites excluding steroid dienone is 1. The average Bonchev–Trinajstić information content (AvgIpc) is 2.83. The highest BCUT2D eigenvalue weighted by Gasteiger charge is 2.25. The van der Waals surface area contributed by atoms with Gasteiger partial charge in [-0.1, -0.05) is 83.3 Å². The van der Waals surface area contributed by atoms with E-state index >= 15 is 0 Å². The van der Waals surface area contributed by atoms with Gasteiger partial charge in [0.15, 0.2) is 5.78 Å². The molecule has 0 radical (unpaired) electrons. The number of ketones is 1. The summed E-state index contributed by atoms with van der Waals surface area (Å²) in [4.78, 5) is 13.0. The molecule has 0 saturated carbocycles. The lowest BCUT2D eigenvalue weighted by molar-refractivity contribution is 0.100. The number of carbonyl (C=O) groups is 1. The zero-order valence-corrected chi connectivity index (χ0v) is 19.1. The maximum absolute atomic E-state index is 13.0. The fourth-order valence-corrected chi connectivity index (χ4v) is 6.51. The van der Waals surface area contributed by atoms with Crippen LogP contribution in [0.5, 0.6) is 0 Å². The van der Waals surface area contributed by atoms with Crippen LogP contribution in [0.3, 0.4) is 0 Å². The van der Waals surface area contributed by atoms with Crippen molar-refractivity contribution in [3.05, 3.63) is 90.0 Å². The number of hydrogen-bond donors (Lipinski definition) is 0. The van der Waals surface area contributed by atoms with E-state index in [9.17, 15) is 4.79 Å². The maximum atomic E-state index is 13.0. The van der Waals surface area contributed by atoms with E-state index in [-0.39, 0.29) is 9.71 Å². The second-order valence-electron chi connectivity index (χ2n) is 8.93. The first kappa shape index (κ1) is 17.3. The standard InChI is InChI=1S/C30H15IO/c31-25-10-9-21-23-13-19-7-5-16-11-15-3-1-2-4-20(15)22-12-18-8-6-17(14-24(21)30(25)32)27(23)29(18)28(19)26(16)22/h1-14,25H. The first-order valence-electron chi connectivity index (χ1n) is 10.9. The smallest absolute Gasteiger partial charge is 0.180 e. The summed E-state index contributed by atoms with van der Waals surface area (Å²) in [5.41, 5.74) is 1.92. The fourth-order valence-electron chi connectivity index (χ4n) is 5.96. The van der Waals surface area contributed by atoms with Crippen LogP contribution in [0.15, 0.2) is 78.9 Å². The summed E-state index contributed by atoms with van der Waals surface area (Å²) < 4.78 is -0.0913. The molecular weight excluding hydrogens is 503 g/mol. The quantitative estimate of drug-likeness (QED) is 0.0852. The van der Waals surface area contributed by atoms with Crippen molar-refractivity contribution in [1.29, 1.82) is 0 Å². The van der Waals surface area contributed by atoms with Crippen LogP contribution in [0.25, 0.3) is 70.7 Å². The van der Waals surface area contributed by atoms with Crippen molar-refractivity contribution in [3.63, 3.8) is 0 Å². The van der Waals surface area contributed by atoms with E-state index in [0.29, 0.717) is 0 Å². The van der Waals surface area contributed by atoms with Crippen molar-refractivity contribution in [2.75, 3.05) is 0 Å². The summed E-state index contributed by atoms with van der Waals surface area (Å²) in [7, 11) is 0. The molecule has 148 valence electrons. The number of carbonyl (C=O) groups excluding carboxylic acids is 1. The van der Waals surface area contributed by atoms with Gasteiger partial charge in [0.2, 0.25) is 0 Å². The minimum Gasteiger partial charge on any atom is -0.293 e. The molecule has 1 atom stereocenters. The molecule has 8 rings (SSSR count). The molecule has 32 heavy (non-hydrogen) atoms. The summed E-state index contributed by atoms with van der Waals surface area (Å²) in [6.07, 6.45) is 4.18. The molecule has 1 nitrogen and oxygen atoms in total. The molecular formula is C30H15IO. The highest BCUT2D eigenvalue weighted by atomic mass is 127. The van der Waals surface area contributed by atoms with E-state index in [2.05, 4.69) is 101 Å². The van der Waals surface area contributed by atoms with Crippen molar-refractivity contribution in [2.45, 2.75) is 3.92 Å². The second kappa shape index (κ2) is 5.76. The molecule has 0 saturated heterocycles. The Labute approximate surface area is 197 Å². The van der Waals surface area contributed by atoms with Gasteiger partial charge in [-0.05, 0) is 94.5 Å². The average molecular weight is 518 g/mol. The van der Waals surface area contributed by atoms with Crippen LogP contribution >= 0.6 is 22.6 Å². The molecule has 0 heterocycles. The number of hydrogen-bond acceptors (Lipinski definition) is 1. The van der Waals surface area contributed by atoms with Crippen molar-refractivity contribution in [3.8, 4) is 0 Å². The molecule has 2 heteroatoms. The summed E-state index contributed by atoms with van der Waals surface area (Å²) in [6, 6.07) is 26.7. The Morgan fingerprint density at radius 3 is 2.00 bits per heavy atom. The lowest BCUT2D eigenvalue weighted by atomic mass is 9.82. The van der Waals surface area contributed by atoms with E-state index in [1.165, 1.54) is 59.2 Å². The van der Waals surface area contributed by atoms with E-state index in [1.807, 2.05) is 6.08 Å². The fraction of sp³-hybridized carbons (Fsp3) is 0.0333. The van der Waals surface area contributed by atoms with Gasteiger partial charge in [-0.3, -0.25) is 4.79 Å². The molecule has 7 aromatic rings. The van der Waals surface area contributed by atoms with Crippen LogP contribution in [0.4, 0.5) is 0 Å². The number of fused-ring (bicyclic) bond motifs is 4. The Hall–Kier alpha value is -3.24. The van der Waals surface area contributed by atoms with E-state index in [1.54, 1.807) is 0 Å². The Morgan fingerprint density at radius 2 is 1.22 bits per heavy atom. The molecule has 1 unspecified atom stereocenters. The van der Waals surface area contributed by atoms with Crippen LogP contribution < -0.4 is 0 Å². The summed E-state index contributed by atoms with van der Waals surface area (Å²) in [5, 5.41) is 15.3. The monoisotopic (exact) mass is 518 g/mol. The molecule has 0 amide bonds. The van der Waals surface area contributed by atoms with Gasteiger partial charge in [0.25, 0.3) is 0 Å². The third-order valence-electron chi connectivity index (χ3n) is 7.32. The highest BCUT2D eigenvalue weighted by molar-refractivity contribution is 14.1. The van der Waals surface area contributed by atoms with Gasteiger partial charge in [0.1, 0.15) is 0 Å². The summed E-state index contributed by atoms with van der Waals surface area (Å²) in [5.74, 6) is 0.206. The van der Waals surface area contributed by atoms with Gasteiger partial charge in [-0.2, -0.15) is 0 Å². The van der Waals surface area contributed by atoms with E-state index < -0.39 is 0 Å². The molecule has 0 aliphatic heterocycles. The molecule has 7 aromatic carbocycles. The minimum absolute atomic E-state index is 0.0913. The molecule has 0 spiro atoms. The number of Topliss-reactive ketones (excluding diaryl/α,β-unsaturated/α-hetero) is 1. The maximum Gasteiger partial charge on any atom is 0.180 e. The SMILES string of the molecule is O=C1c2cc3ccc4cc5c6ccccc6cc6ccc7cc(c2C=CC1I)c3c4c7c65. The Morgan fingerprint density at radius 1 is 0.594 bits per heavy atom. The van der Waals surface area contributed by atoms with E-state index in [0.717, 1.165) is 16.5 Å². The van der Waals surface area contributed by atoms with Crippen molar-refractivity contribution >= 4 is 99.1 Å². The Balaban J connectivity index is 1.69. The number of benzene rings is 7. The van der Waals surface area contributed by atoms with Gasteiger partial charge in [0.05, 0.1) is 3.92 Å². The highest BCUT2D eigenvalue weighted by Crippen LogP contribution is 2.47. The number of alkyl halides is 1. The van der Waals surface area contributed by atoms with Gasteiger partial charge in [-0.15, -0.1) is 0 Å². The van der Waals surface area contributed by atoms with Crippen molar-refractivity contribution < 1.29 is 4.79 Å². The van der Waals surface area contributed by atoms with Crippen LogP contribution in [0.2, 0.25) is 0 Å². The van der Waals surface area contributed by atoms with Crippen molar-refractivity contribution in [2.24, 2.45) is 0 Å². The molecule has 0 aromatic heterocycles. The second-order valence-corrected chi connectivity index (χ2v) is 10.3. The molecule has 0 N–H and O–H groups in total. The lowest BCUT2D eigenvalue weighted by Crippen LogP contribution is -2.16. The predicted octanol–water partition coefficient (Wildman–Crippen LogP) is 8.49. The third kappa shape index (κ3) is 1.98. The molecule has 0 fully saturated rings. The molecule has 0 bridgehead atoms. The normalized spacial score (nSPS) is 16.5. The first-order chi connectivity index (χ1) is 15.7. The Bertz CT molecular complexity index is 1960. The van der Waals surface area contributed by atoms with E-state index in [4.69, 9.17) is 0 Å². The van der Waals surface area contributed by atoms with Crippen LogP contribution in [0.1, 0.15) is 15.9 Å². The summed E-state index contributed by atoms with van der Waals surface area (Å²) >= 11 is 2.23. The zero-order chi connectivity index (χ0) is 21.1. The third-order valence-corrected chi connectivity index (χ3v) is 8.30. The van der Waals surface area contributed by atoms with Crippen molar-refractivity contribution in [1.82, 2.24) is 0 Å².